The number of halogens is 1. The van der Waals surface area contributed by atoms with E-state index in [1.165, 1.54) is 4.90 Å². The number of carbonyl (C=O) groups is 3. The molecule has 0 aliphatic carbocycles. The number of carbonyl (C=O) groups excluding carboxylic acids is 3. The maximum Gasteiger partial charge on any atom is 0.338 e. The fourth-order valence-corrected chi connectivity index (χ4v) is 4.65. The first-order valence-corrected chi connectivity index (χ1v) is 12.8. The Morgan fingerprint density at radius 3 is 2.30 bits per heavy atom. The van der Waals surface area contributed by atoms with Gasteiger partial charge in [0.1, 0.15) is 5.76 Å². The van der Waals surface area contributed by atoms with Crippen LogP contribution in [0.5, 0.6) is 0 Å². The highest BCUT2D eigenvalue weighted by Gasteiger charge is 2.46. The molecule has 7 heteroatoms. The smallest absolute Gasteiger partial charge is 0.338 e. The largest absolute Gasteiger partial charge is 0.507 e. The molecular formula is C30H28BrNO5. The summed E-state index contributed by atoms with van der Waals surface area (Å²) < 4.78 is 6.12. The molecule has 1 amide bonds. The van der Waals surface area contributed by atoms with E-state index in [4.69, 9.17) is 4.74 Å². The van der Waals surface area contributed by atoms with Gasteiger partial charge in [-0.1, -0.05) is 64.0 Å². The minimum absolute atomic E-state index is 0.0504. The summed E-state index contributed by atoms with van der Waals surface area (Å²) >= 11 is 3.46. The first-order valence-electron chi connectivity index (χ1n) is 12.0. The van der Waals surface area contributed by atoms with E-state index in [1.807, 2.05) is 38.1 Å². The van der Waals surface area contributed by atoms with E-state index in [2.05, 4.69) is 15.9 Å². The van der Waals surface area contributed by atoms with Crippen molar-refractivity contribution in [1.29, 1.82) is 0 Å². The molecule has 0 bridgehead atoms. The summed E-state index contributed by atoms with van der Waals surface area (Å²) in [5, 5.41) is 11.3. The Kier molecular flexibility index (Phi) is 7.64. The molecule has 3 aromatic rings. The Morgan fingerprint density at radius 2 is 1.68 bits per heavy atom. The molecule has 1 unspecified atom stereocenters. The molecule has 4 rings (SSSR count). The molecule has 1 aliphatic rings. The highest BCUT2D eigenvalue weighted by atomic mass is 79.9. The van der Waals surface area contributed by atoms with Crippen LogP contribution >= 0.6 is 15.9 Å². The van der Waals surface area contributed by atoms with Gasteiger partial charge in [0, 0.05) is 16.6 Å². The Morgan fingerprint density at radius 1 is 1.00 bits per heavy atom. The summed E-state index contributed by atoms with van der Waals surface area (Å²) in [6.07, 6.45) is -0.233. The van der Waals surface area contributed by atoms with E-state index >= 15 is 0 Å². The van der Waals surface area contributed by atoms with Crippen LogP contribution in [0.15, 0.2) is 76.8 Å². The van der Waals surface area contributed by atoms with Gasteiger partial charge in [-0.2, -0.15) is 0 Å². The van der Waals surface area contributed by atoms with E-state index in [0.717, 1.165) is 26.7 Å². The van der Waals surface area contributed by atoms with Gasteiger partial charge in [-0.15, -0.1) is 0 Å². The van der Waals surface area contributed by atoms with E-state index in [-0.39, 0.29) is 24.0 Å². The SMILES string of the molecule is Cc1cccc(C2/C(=C(/O)c3ccc(Br)c(C)c3)C(=O)C(=O)N2Cc2ccc(C(=O)OC(C)C)cc2)c1. The lowest BCUT2D eigenvalue weighted by atomic mass is 9.94. The molecule has 1 fully saturated rings. The molecule has 1 atom stereocenters. The predicted octanol–water partition coefficient (Wildman–Crippen LogP) is 6.25. The first kappa shape index (κ1) is 26.4. The zero-order valence-corrected chi connectivity index (χ0v) is 22.7. The van der Waals surface area contributed by atoms with Crippen LogP contribution in [0.3, 0.4) is 0 Å². The predicted molar refractivity (Wildman–Crippen MR) is 145 cm³/mol. The summed E-state index contributed by atoms with van der Waals surface area (Å²) in [5.41, 5.74) is 4.24. The highest BCUT2D eigenvalue weighted by molar-refractivity contribution is 9.10. The lowest BCUT2D eigenvalue weighted by Gasteiger charge is -2.26. The molecule has 0 saturated carbocycles. The van der Waals surface area contributed by atoms with Gasteiger partial charge < -0.3 is 14.7 Å². The van der Waals surface area contributed by atoms with Crippen molar-refractivity contribution in [2.24, 2.45) is 0 Å². The maximum absolute atomic E-state index is 13.3. The van der Waals surface area contributed by atoms with Crippen LogP contribution < -0.4 is 0 Å². The Bertz CT molecular complexity index is 1410. The average Bonchev–Trinajstić information content (AvgIpc) is 3.10. The number of ketones is 1. The minimum atomic E-state index is -0.769. The number of likely N-dealkylation sites (tertiary alicyclic amines) is 1. The van der Waals surface area contributed by atoms with Crippen LogP contribution in [-0.2, 0) is 20.9 Å². The third-order valence-corrected chi connectivity index (χ3v) is 7.10. The van der Waals surface area contributed by atoms with Crippen molar-refractivity contribution in [2.45, 2.75) is 46.4 Å². The lowest BCUT2D eigenvalue weighted by Crippen LogP contribution is -2.29. The molecule has 0 aromatic heterocycles. The molecule has 6 nitrogen and oxygen atoms in total. The zero-order chi connectivity index (χ0) is 26.9. The summed E-state index contributed by atoms with van der Waals surface area (Å²) in [6.45, 7) is 7.51. The Hall–Kier alpha value is -3.71. The number of aryl methyl sites for hydroxylation is 2. The van der Waals surface area contributed by atoms with Gasteiger partial charge in [-0.3, -0.25) is 9.59 Å². The number of aliphatic hydroxyl groups excluding tert-OH is 1. The standard InChI is InChI=1S/C30H28BrNO5/c1-17(2)37-30(36)21-10-8-20(9-11-21)16-32-26(22-7-5-6-18(3)14-22)25(28(34)29(32)35)27(33)23-12-13-24(31)19(4)15-23/h5-15,17,26,33H,16H2,1-4H3/b27-25-. The van der Waals surface area contributed by atoms with E-state index in [1.54, 1.807) is 56.3 Å². The molecule has 37 heavy (non-hydrogen) atoms. The summed E-state index contributed by atoms with van der Waals surface area (Å²) in [5.74, 6) is -2.06. The Labute approximate surface area is 224 Å². The number of nitrogens with zero attached hydrogens (tertiary/aromatic N) is 1. The number of aliphatic hydroxyl groups is 1. The normalized spacial score (nSPS) is 16.9. The van der Waals surface area contributed by atoms with Crippen molar-refractivity contribution in [1.82, 2.24) is 4.90 Å². The molecule has 1 N–H and O–H groups in total. The van der Waals surface area contributed by atoms with Crippen LogP contribution in [0.25, 0.3) is 5.76 Å². The first-order chi connectivity index (χ1) is 17.6. The topological polar surface area (TPSA) is 83.9 Å². The second-order valence-corrected chi connectivity index (χ2v) is 10.3. The quantitative estimate of drug-likeness (QED) is 0.166. The molecule has 1 heterocycles. The average molecular weight is 562 g/mol. The molecule has 3 aromatic carbocycles. The van der Waals surface area contributed by atoms with E-state index in [0.29, 0.717) is 11.1 Å². The van der Waals surface area contributed by atoms with Crippen LogP contribution in [0.2, 0.25) is 0 Å². The molecule has 0 radical (unpaired) electrons. The number of amides is 1. The molecular weight excluding hydrogens is 534 g/mol. The third kappa shape index (κ3) is 5.52. The van der Waals surface area contributed by atoms with Crippen LogP contribution in [-0.4, -0.2) is 33.8 Å². The van der Waals surface area contributed by atoms with Gasteiger partial charge in [-0.25, -0.2) is 4.79 Å². The lowest BCUT2D eigenvalue weighted by molar-refractivity contribution is -0.140. The maximum atomic E-state index is 13.3. The van der Waals surface area contributed by atoms with Crippen molar-refractivity contribution in [3.05, 3.63) is 110 Å². The fraction of sp³-hybridized carbons (Fsp3) is 0.233. The molecule has 190 valence electrons. The zero-order valence-electron chi connectivity index (χ0n) is 21.1. The minimum Gasteiger partial charge on any atom is -0.507 e. The molecule has 1 saturated heterocycles. The van der Waals surface area contributed by atoms with Crippen molar-refractivity contribution in [3.8, 4) is 0 Å². The van der Waals surface area contributed by atoms with Crippen molar-refractivity contribution < 1.29 is 24.2 Å². The van der Waals surface area contributed by atoms with E-state index in [9.17, 15) is 19.5 Å². The fourth-order valence-electron chi connectivity index (χ4n) is 4.40. The summed E-state index contributed by atoms with van der Waals surface area (Å²) in [7, 11) is 0. The number of Topliss-reactive ketones (excluding diaryl/α,β-unsaturated/α-hetero) is 1. The van der Waals surface area contributed by atoms with Crippen LogP contribution in [0, 0.1) is 13.8 Å². The van der Waals surface area contributed by atoms with Gasteiger partial charge in [0.25, 0.3) is 11.7 Å². The van der Waals surface area contributed by atoms with Gasteiger partial charge in [0.15, 0.2) is 0 Å². The highest BCUT2D eigenvalue weighted by Crippen LogP contribution is 2.40. The number of hydrogen-bond acceptors (Lipinski definition) is 5. The van der Waals surface area contributed by atoms with Gasteiger partial charge in [0.05, 0.1) is 23.3 Å². The number of ether oxygens (including phenoxy) is 1. The number of rotatable bonds is 6. The van der Waals surface area contributed by atoms with Gasteiger partial charge in [-0.05, 0) is 68.7 Å². The van der Waals surface area contributed by atoms with Crippen molar-refractivity contribution in [2.75, 3.05) is 0 Å². The van der Waals surface area contributed by atoms with Crippen LogP contribution in [0.4, 0.5) is 0 Å². The Balaban J connectivity index is 1.76. The van der Waals surface area contributed by atoms with E-state index < -0.39 is 23.7 Å². The second-order valence-electron chi connectivity index (χ2n) is 9.46. The number of hydrogen-bond donors (Lipinski definition) is 1. The van der Waals surface area contributed by atoms with Gasteiger partial charge >= 0.3 is 5.97 Å². The van der Waals surface area contributed by atoms with Crippen molar-refractivity contribution >= 4 is 39.3 Å². The monoisotopic (exact) mass is 561 g/mol. The number of esters is 1. The number of benzene rings is 3. The van der Waals surface area contributed by atoms with Gasteiger partial charge in [0.2, 0.25) is 0 Å². The molecule has 1 aliphatic heterocycles. The van der Waals surface area contributed by atoms with Crippen molar-refractivity contribution in [3.63, 3.8) is 0 Å². The van der Waals surface area contributed by atoms with Crippen LogP contribution in [0.1, 0.15) is 58.1 Å². The third-order valence-electron chi connectivity index (χ3n) is 6.21. The summed E-state index contributed by atoms with van der Waals surface area (Å²) in [6, 6.07) is 18.8. The molecule has 0 spiro atoms. The second kappa shape index (κ2) is 10.7. The summed E-state index contributed by atoms with van der Waals surface area (Å²) in [4.78, 5) is 40.3.